The van der Waals surface area contributed by atoms with Crippen molar-refractivity contribution >= 4 is 22.8 Å². The van der Waals surface area contributed by atoms with E-state index < -0.39 is 17.6 Å². The average molecular weight is 428 g/mol. The maximum absolute atomic E-state index is 13.1. The van der Waals surface area contributed by atoms with Gasteiger partial charge >= 0.3 is 5.69 Å². The van der Waals surface area contributed by atoms with E-state index in [1.54, 1.807) is 11.6 Å². The lowest BCUT2D eigenvalue weighted by atomic mass is 9.67. The van der Waals surface area contributed by atoms with E-state index in [4.69, 9.17) is 0 Å². The number of aliphatic hydroxyl groups is 1. The van der Waals surface area contributed by atoms with Crippen LogP contribution in [0.2, 0.25) is 0 Å². The lowest BCUT2D eigenvalue weighted by Gasteiger charge is -2.47. The highest BCUT2D eigenvalue weighted by Crippen LogP contribution is 2.47. The van der Waals surface area contributed by atoms with E-state index in [1.165, 1.54) is 4.57 Å². The molecular formula is C22H29N5O4. The summed E-state index contributed by atoms with van der Waals surface area (Å²) < 4.78 is 3.12. The first kappa shape index (κ1) is 20.4. The number of β-amino-alcohol motifs (C(OH)–C–C–N with tert-alkyl or cyclic N) is 1. The van der Waals surface area contributed by atoms with Gasteiger partial charge in [-0.05, 0) is 36.8 Å². The quantitative estimate of drug-likeness (QED) is 0.585. The van der Waals surface area contributed by atoms with E-state index >= 15 is 0 Å². The number of hydrogen-bond acceptors (Lipinski definition) is 6. The first-order valence-electron chi connectivity index (χ1n) is 11.1. The molecule has 3 aliphatic rings. The van der Waals surface area contributed by atoms with Gasteiger partial charge in [0.2, 0.25) is 11.8 Å². The van der Waals surface area contributed by atoms with Crippen molar-refractivity contribution in [2.24, 2.45) is 7.05 Å². The summed E-state index contributed by atoms with van der Waals surface area (Å²) in [6.07, 6.45) is 1.87. The van der Waals surface area contributed by atoms with Crippen molar-refractivity contribution in [1.82, 2.24) is 24.7 Å². The molecule has 1 aromatic carbocycles. The number of hydrogen-bond donors (Lipinski definition) is 3. The summed E-state index contributed by atoms with van der Waals surface area (Å²) in [5, 5.41) is 16.7. The fraction of sp³-hybridized carbons (Fsp3) is 0.591. The van der Waals surface area contributed by atoms with Crippen LogP contribution < -0.4 is 16.3 Å². The van der Waals surface area contributed by atoms with Crippen LogP contribution in [0, 0.1) is 0 Å². The maximum atomic E-state index is 13.1. The Hall–Kier alpha value is -2.49. The van der Waals surface area contributed by atoms with Gasteiger partial charge < -0.3 is 10.4 Å². The Kier molecular flexibility index (Phi) is 4.99. The third-order valence-electron chi connectivity index (χ3n) is 7.08. The summed E-state index contributed by atoms with van der Waals surface area (Å²) in [6, 6.07) is 5.10. The van der Waals surface area contributed by atoms with Crippen molar-refractivity contribution in [2.45, 2.75) is 43.2 Å². The van der Waals surface area contributed by atoms with Crippen LogP contribution in [0.1, 0.15) is 43.2 Å². The summed E-state index contributed by atoms with van der Waals surface area (Å²) in [7, 11) is 1.72. The number of nitrogens with one attached hydrogen (secondary N) is 2. The Morgan fingerprint density at radius 2 is 1.90 bits per heavy atom. The molecule has 3 fully saturated rings. The van der Waals surface area contributed by atoms with Crippen LogP contribution in [0.3, 0.4) is 0 Å². The first-order chi connectivity index (χ1) is 14.9. The lowest BCUT2D eigenvalue weighted by molar-refractivity contribution is -0.135. The largest absolute Gasteiger partial charge is 0.389 e. The van der Waals surface area contributed by atoms with E-state index in [2.05, 4.69) is 15.5 Å². The Morgan fingerprint density at radius 3 is 2.61 bits per heavy atom. The van der Waals surface area contributed by atoms with E-state index in [9.17, 15) is 19.5 Å². The molecule has 9 heteroatoms. The molecule has 5 rings (SSSR count). The topological polar surface area (TPSA) is 109 Å². The molecule has 1 unspecified atom stereocenters. The van der Waals surface area contributed by atoms with Crippen LogP contribution in [0.15, 0.2) is 23.0 Å². The summed E-state index contributed by atoms with van der Waals surface area (Å²) in [4.78, 5) is 39.4. The number of aryl methyl sites for hydroxylation is 1. The number of benzene rings is 1. The minimum Gasteiger partial charge on any atom is -0.389 e. The van der Waals surface area contributed by atoms with Gasteiger partial charge in [0.15, 0.2) is 0 Å². The summed E-state index contributed by atoms with van der Waals surface area (Å²) in [6.45, 7) is 4.48. The highest BCUT2D eigenvalue weighted by Gasteiger charge is 2.45. The number of rotatable bonds is 4. The number of amides is 2. The molecule has 31 heavy (non-hydrogen) atoms. The second kappa shape index (κ2) is 7.58. The minimum atomic E-state index is -0.699. The van der Waals surface area contributed by atoms with E-state index in [0.717, 1.165) is 37.3 Å². The van der Waals surface area contributed by atoms with Crippen molar-refractivity contribution in [3.05, 3.63) is 34.2 Å². The zero-order valence-electron chi connectivity index (χ0n) is 17.8. The van der Waals surface area contributed by atoms with Gasteiger partial charge in [-0.25, -0.2) is 4.79 Å². The second-order valence-electron chi connectivity index (χ2n) is 9.25. The Bertz CT molecular complexity index is 1090. The Morgan fingerprint density at radius 1 is 1.16 bits per heavy atom. The Balaban J connectivity index is 1.43. The number of nitrogens with zero attached hydrogens (tertiary/aromatic N) is 3. The van der Waals surface area contributed by atoms with E-state index in [-0.39, 0.29) is 23.9 Å². The zero-order chi connectivity index (χ0) is 21.8. The van der Waals surface area contributed by atoms with E-state index in [1.807, 2.05) is 18.2 Å². The third kappa shape index (κ3) is 3.50. The fourth-order valence-electron chi connectivity index (χ4n) is 5.52. The number of imidazole rings is 1. The number of fused-ring (bicyclic) bond motifs is 1. The van der Waals surface area contributed by atoms with Crippen molar-refractivity contribution < 1.29 is 14.7 Å². The summed E-state index contributed by atoms with van der Waals surface area (Å²) in [5.41, 5.74) is 1.60. The molecule has 0 radical (unpaired) electrons. The molecule has 166 valence electrons. The molecular weight excluding hydrogens is 398 g/mol. The number of para-hydroxylation sites is 1. The summed E-state index contributed by atoms with van der Waals surface area (Å²) >= 11 is 0. The molecule has 9 nitrogen and oxygen atoms in total. The van der Waals surface area contributed by atoms with Crippen LogP contribution in [-0.2, 0) is 16.6 Å². The zero-order valence-corrected chi connectivity index (χ0v) is 17.8. The van der Waals surface area contributed by atoms with Crippen molar-refractivity contribution in [2.75, 3.05) is 32.7 Å². The van der Waals surface area contributed by atoms with Gasteiger partial charge in [-0.2, -0.15) is 0 Å². The normalized spacial score (nSPS) is 29.7. The lowest BCUT2D eigenvalue weighted by Crippen LogP contribution is -2.55. The standard InChI is InChI=1S/C22H29N5O4/c1-25-19-15(14-11-22(31,12-14)13-26-9-7-23-8-10-26)3-2-4-16(19)27(21(25)30)17-5-6-18(28)24-20(17)29/h2-4,14,17,23,31H,5-13H2,1H3,(H,24,28,29). The molecule has 2 aromatic rings. The monoisotopic (exact) mass is 427 g/mol. The van der Waals surface area contributed by atoms with Crippen molar-refractivity contribution in [3.8, 4) is 0 Å². The number of piperazine rings is 1. The number of carbonyl (C=O) groups is 2. The number of imide groups is 1. The molecule has 2 amide bonds. The molecule has 2 saturated heterocycles. The molecule has 3 N–H and O–H groups in total. The average Bonchev–Trinajstić information content (AvgIpc) is 2.98. The predicted octanol–water partition coefficient (Wildman–Crippen LogP) is -0.169. The molecule has 3 heterocycles. The van der Waals surface area contributed by atoms with Crippen molar-refractivity contribution in [1.29, 1.82) is 0 Å². The molecule has 2 aliphatic heterocycles. The van der Waals surface area contributed by atoms with Crippen LogP contribution in [0.25, 0.3) is 11.0 Å². The molecule has 0 bridgehead atoms. The molecule has 1 atom stereocenters. The van der Waals surface area contributed by atoms with Crippen LogP contribution in [0.4, 0.5) is 0 Å². The highest BCUT2D eigenvalue weighted by atomic mass is 16.3. The predicted molar refractivity (Wildman–Crippen MR) is 115 cm³/mol. The Labute approximate surface area is 180 Å². The van der Waals surface area contributed by atoms with Gasteiger partial charge in [0.25, 0.3) is 0 Å². The SMILES string of the molecule is Cn1c(=O)n(C2CCC(=O)NC2=O)c2cccc(C3CC(O)(CN4CCNCC4)C3)c21. The van der Waals surface area contributed by atoms with Gasteiger partial charge in [0, 0.05) is 46.2 Å². The van der Waals surface area contributed by atoms with Gasteiger partial charge in [-0.3, -0.25) is 28.9 Å². The molecule has 1 saturated carbocycles. The maximum Gasteiger partial charge on any atom is 0.329 e. The smallest absolute Gasteiger partial charge is 0.329 e. The van der Waals surface area contributed by atoms with Crippen molar-refractivity contribution in [3.63, 3.8) is 0 Å². The number of aromatic nitrogens is 2. The van der Waals surface area contributed by atoms with E-state index in [0.29, 0.717) is 31.3 Å². The second-order valence-corrected chi connectivity index (χ2v) is 9.25. The van der Waals surface area contributed by atoms with Crippen LogP contribution in [-0.4, -0.2) is 69.3 Å². The minimum absolute atomic E-state index is 0.167. The third-order valence-corrected chi connectivity index (χ3v) is 7.08. The number of carbonyl (C=O) groups excluding carboxylic acids is 2. The van der Waals surface area contributed by atoms with Crippen LogP contribution in [0.5, 0.6) is 0 Å². The van der Waals surface area contributed by atoms with Gasteiger partial charge in [0.1, 0.15) is 6.04 Å². The van der Waals surface area contributed by atoms with Gasteiger partial charge in [-0.15, -0.1) is 0 Å². The first-order valence-corrected chi connectivity index (χ1v) is 11.1. The van der Waals surface area contributed by atoms with Gasteiger partial charge in [0.05, 0.1) is 16.6 Å². The highest BCUT2D eigenvalue weighted by molar-refractivity contribution is 6.00. The summed E-state index contributed by atoms with van der Waals surface area (Å²) in [5.74, 6) is -0.557. The molecule has 0 spiro atoms. The fourth-order valence-corrected chi connectivity index (χ4v) is 5.52. The van der Waals surface area contributed by atoms with Gasteiger partial charge in [-0.1, -0.05) is 12.1 Å². The molecule has 1 aromatic heterocycles. The van der Waals surface area contributed by atoms with Crippen LogP contribution >= 0.6 is 0 Å². The number of piperidine rings is 1. The molecule has 1 aliphatic carbocycles.